The van der Waals surface area contributed by atoms with Gasteiger partial charge in [-0.3, -0.25) is 0 Å². The molecule has 128 valence electrons. The topological polar surface area (TPSA) is 50.8 Å². The number of rotatable bonds is 5. The predicted molar refractivity (Wildman–Crippen MR) is 91.1 cm³/mol. The molecule has 24 heavy (non-hydrogen) atoms. The molecule has 5 nitrogen and oxygen atoms in total. The molecule has 0 aliphatic carbocycles. The molecule has 1 N–H and O–H groups in total. The van der Waals surface area contributed by atoms with Crippen molar-refractivity contribution in [2.75, 3.05) is 26.6 Å². The summed E-state index contributed by atoms with van der Waals surface area (Å²) in [5, 5.41) is 2.81. The van der Waals surface area contributed by atoms with E-state index in [1.807, 2.05) is 6.92 Å². The van der Waals surface area contributed by atoms with E-state index in [4.69, 9.17) is 9.47 Å². The number of carbonyl (C=O) groups is 1. The third kappa shape index (κ3) is 4.16. The fraction of sp³-hybridized carbons (Fsp3) is 0.278. The first-order valence-corrected chi connectivity index (χ1v) is 7.47. The zero-order valence-corrected chi connectivity index (χ0v) is 14.2. The van der Waals surface area contributed by atoms with Gasteiger partial charge >= 0.3 is 6.03 Å². The molecule has 0 saturated carbocycles. The van der Waals surface area contributed by atoms with Crippen LogP contribution in [0.25, 0.3) is 0 Å². The van der Waals surface area contributed by atoms with Gasteiger partial charge in [0.1, 0.15) is 17.3 Å². The minimum atomic E-state index is -0.304. The Balaban J connectivity index is 2.12. The lowest BCUT2D eigenvalue weighted by Crippen LogP contribution is -2.33. The SMILES string of the molecule is COc1cc(NC(=O)N(C)[C@@H](C)c2ccc(F)cc2)cc(OC)c1. The maximum Gasteiger partial charge on any atom is 0.322 e. The quantitative estimate of drug-likeness (QED) is 0.898. The number of anilines is 1. The summed E-state index contributed by atoms with van der Waals surface area (Å²) in [6.45, 7) is 1.87. The third-order valence-electron chi connectivity index (χ3n) is 3.86. The lowest BCUT2D eigenvalue weighted by atomic mass is 10.1. The first kappa shape index (κ1) is 17.6. The van der Waals surface area contributed by atoms with Gasteiger partial charge in [0.15, 0.2) is 0 Å². The Morgan fingerprint density at radius 1 is 1.08 bits per heavy atom. The summed E-state index contributed by atoms with van der Waals surface area (Å²) < 4.78 is 23.4. The number of urea groups is 1. The van der Waals surface area contributed by atoms with E-state index in [9.17, 15) is 9.18 Å². The van der Waals surface area contributed by atoms with Gasteiger partial charge in [0, 0.05) is 30.9 Å². The zero-order valence-electron chi connectivity index (χ0n) is 14.2. The smallest absolute Gasteiger partial charge is 0.322 e. The van der Waals surface area contributed by atoms with Gasteiger partial charge < -0.3 is 19.7 Å². The fourth-order valence-corrected chi connectivity index (χ4v) is 2.23. The average Bonchev–Trinajstić information content (AvgIpc) is 2.60. The summed E-state index contributed by atoms with van der Waals surface area (Å²) >= 11 is 0. The molecular weight excluding hydrogens is 311 g/mol. The molecule has 0 heterocycles. The summed E-state index contributed by atoms with van der Waals surface area (Å²) in [5.41, 5.74) is 1.41. The van der Waals surface area contributed by atoms with E-state index in [-0.39, 0.29) is 17.9 Å². The van der Waals surface area contributed by atoms with E-state index >= 15 is 0 Å². The van der Waals surface area contributed by atoms with Crippen molar-refractivity contribution in [1.29, 1.82) is 0 Å². The molecule has 0 bridgehead atoms. The second kappa shape index (κ2) is 7.68. The molecule has 2 aromatic rings. The lowest BCUT2D eigenvalue weighted by Gasteiger charge is -2.25. The maximum atomic E-state index is 13.0. The molecule has 2 amide bonds. The first-order valence-electron chi connectivity index (χ1n) is 7.47. The molecule has 0 aliphatic rings. The highest BCUT2D eigenvalue weighted by Gasteiger charge is 2.18. The van der Waals surface area contributed by atoms with Gasteiger partial charge in [-0.05, 0) is 24.6 Å². The van der Waals surface area contributed by atoms with Gasteiger partial charge in [0.25, 0.3) is 0 Å². The van der Waals surface area contributed by atoms with Gasteiger partial charge in [0.2, 0.25) is 0 Å². The van der Waals surface area contributed by atoms with Crippen LogP contribution in [0.1, 0.15) is 18.5 Å². The van der Waals surface area contributed by atoms with E-state index in [1.54, 1.807) is 56.5 Å². The highest BCUT2D eigenvalue weighted by Crippen LogP contribution is 2.27. The molecule has 0 saturated heterocycles. The normalized spacial score (nSPS) is 11.5. The van der Waals surface area contributed by atoms with E-state index in [0.29, 0.717) is 17.2 Å². The van der Waals surface area contributed by atoms with E-state index in [0.717, 1.165) is 5.56 Å². The van der Waals surface area contributed by atoms with E-state index in [2.05, 4.69) is 5.32 Å². The number of carbonyl (C=O) groups excluding carboxylic acids is 1. The minimum absolute atomic E-state index is 0.210. The van der Waals surface area contributed by atoms with Crippen LogP contribution in [0.2, 0.25) is 0 Å². The average molecular weight is 332 g/mol. The molecule has 0 aromatic heterocycles. The molecule has 1 atom stereocenters. The minimum Gasteiger partial charge on any atom is -0.497 e. The van der Waals surface area contributed by atoms with E-state index < -0.39 is 0 Å². The number of nitrogens with one attached hydrogen (secondary N) is 1. The maximum absolute atomic E-state index is 13.0. The fourth-order valence-electron chi connectivity index (χ4n) is 2.23. The van der Waals surface area contributed by atoms with Crippen molar-refractivity contribution in [2.24, 2.45) is 0 Å². The predicted octanol–water partition coefficient (Wildman–Crippen LogP) is 4.07. The van der Waals surface area contributed by atoms with Crippen molar-refractivity contribution in [3.8, 4) is 11.5 Å². The Labute approximate surface area is 141 Å². The van der Waals surface area contributed by atoms with Gasteiger partial charge in [-0.15, -0.1) is 0 Å². The standard InChI is InChI=1S/C18H21FN2O3/c1-12(13-5-7-14(19)8-6-13)21(2)18(22)20-15-9-16(23-3)11-17(10-15)24-4/h5-12H,1-4H3,(H,20,22)/t12-/m0/s1. The van der Waals surface area contributed by atoms with E-state index in [1.165, 1.54) is 12.1 Å². The number of methoxy groups -OCH3 is 2. The number of halogens is 1. The second-order valence-corrected chi connectivity index (χ2v) is 5.37. The number of ether oxygens (including phenoxy) is 2. The van der Waals surface area contributed by atoms with Crippen LogP contribution in [0, 0.1) is 5.82 Å². The number of amides is 2. The monoisotopic (exact) mass is 332 g/mol. The van der Waals surface area contributed by atoms with Crippen LogP contribution in [0.4, 0.5) is 14.9 Å². The highest BCUT2D eigenvalue weighted by molar-refractivity contribution is 5.90. The third-order valence-corrected chi connectivity index (χ3v) is 3.86. The number of nitrogens with zero attached hydrogens (tertiary/aromatic N) is 1. The summed E-state index contributed by atoms with van der Waals surface area (Å²) in [6.07, 6.45) is 0. The summed E-state index contributed by atoms with van der Waals surface area (Å²) in [7, 11) is 4.77. The van der Waals surface area contributed by atoms with Crippen LogP contribution in [-0.2, 0) is 0 Å². The Kier molecular flexibility index (Phi) is 5.63. The molecule has 0 spiro atoms. The number of hydrogen-bond donors (Lipinski definition) is 1. The zero-order chi connectivity index (χ0) is 17.7. The largest absolute Gasteiger partial charge is 0.497 e. The number of hydrogen-bond acceptors (Lipinski definition) is 3. The Bertz CT molecular complexity index is 682. The van der Waals surface area contributed by atoms with Crippen molar-refractivity contribution < 1.29 is 18.7 Å². The lowest BCUT2D eigenvalue weighted by molar-refractivity contribution is 0.208. The summed E-state index contributed by atoms with van der Waals surface area (Å²) in [4.78, 5) is 14.0. The molecule has 0 fully saturated rings. The van der Waals surface area contributed by atoms with Crippen molar-refractivity contribution >= 4 is 11.7 Å². The van der Waals surface area contributed by atoms with Gasteiger partial charge in [-0.1, -0.05) is 12.1 Å². The van der Waals surface area contributed by atoms with Crippen LogP contribution in [0.3, 0.4) is 0 Å². The van der Waals surface area contributed by atoms with Crippen molar-refractivity contribution in [3.05, 3.63) is 53.8 Å². The Morgan fingerprint density at radius 3 is 2.12 bits per heavy atom. The molecule has 0 aliphatic heterocycles. The van der Waals surface area contributed by atoms with Crippen LogP contribution >= 0.6 is 0 Å². The molecule has 0 unspecified atom stereocenters. The summed E-state index contributed by atoms with van der Waals surface area (Å²) in [5.74, 6) is 0.860. The van der Waals surface area contributed by atoms with Crippen LogP contribution in [0.15, 0.2) is 42.5 Å². The van der Waals surface area contributed by atoms with Crippen LogP contribution in [0.5, 0.6) is 11.5 Å². The highest BCUT2D eigenvalue weighted by atomic mass is 19.1. The number of benzene rings is 2. The van der Waals surface area contributed by atoms with Crippen LogP contribution < -0.4 is 14.8 Å². The molecule has 2 rings (SSSR count). The molecule has 0 radical (unpaired) electrons. The first-order chi connectivity index (χ1) is 11.4. The summed E-state index contributed by atoms with van der Waals surface area (Å²) in [6, 6.07) is 10.7. The van der Waals surface area contributed by atoms with Gasteiger partial charge in [-0.25, -0.2) is 9.18 Å². The van der Waals surface area contributed by atoms with Crippen molar-refractivity contribution in [2.45, 2.75) is 13.0 Å². The van der Waals surface area contributed by atoms with Crippen molar-refractivity contribution in [3.63, 3.8) is 0 Å². The Hall–Kier alpha value is -2.76. The van der Waals surface area contributed by atoms with Crippen LogP contribution in [-0.4, -0.2) is 32.2 Å². The Morgan fingerprint density at radius 2 is 1.62 bits per heavy atom. The molecular formula is C18H21FN2O3. The van der Waals surface area contributed by atoms with Crippen molar-refractivity contribution in [1.82, 2.24) is 4.90 Å². The molecule has 6 heteroatoms. The van der Waals surface area contributed by atoms with Gasteiger partial charge in [-0.2, -0.15) is 0 Å². The second-order valence-electron chi connectivity index (χ2n) is 5.37. The van der Waals surface area contributed by atoms with Gasteiger partial charge in [0.05, 0.1) is 20.3 Å². The molecule has 2 aromatic carbocycles.